The van der Waals surface area contributed by atoms with Crippen molar-refractivity contribution >= 4 is 11.2 Å². The van der Waals surface area contributed by atoms with Crippen molar-refractivity contribution in [1.82, 2.24) is 0 Å². The van der Waals surface area contributed by atoms with Crippen molar-refractivity contribution in [1.29, 1.82) is 0 Å². The first-order valence-electron chi connectivity index (χ1n) is 3.26. The van der Waals surface area contributed by atoms with Crippen molar-refractivity contribution in [3.05, 3.63) is 0 Å². The Morgan fingerprint density at radius 3 is 3.00 bits per heavy atom. The predicted octanol–water partition coefficient (Wildman–Crippen LogP) is -0.00530. The minimum atomic E-state index is -2.67. The Labute approximate surface area is 36.2 Å². The molecule has 2 heteroatoms. The molecular formula is C2H6OS. The maximum atomic E-state index is 10.3. The summed E-state index contributed by atoms with van der Waals surface area (Å²) in [7, 11) is 0. The molecule has 0 radical (unpaired) electrons. The fourth-order valence-corrected chi connectivity index (χ4v) is 0. The van der Waals surface area contributed by atoms with Gasteiger partial charge in [0.05, 0.1) is 19.2 Å². The third-order valence-electron chi connectivity index (χ3n) is 0. The molecule has 0 spiro atoms. The summed E-state index contributed by atoms with van der Waals surface area (Å²) in [5.74, 6) is 0. The Balaban J connectivity index is 3.88. The van der Waals surface area contributed by atoms with Crippen LogP contribution in [0.25, 0.3) is 0 Å². The summed E-state index contributed by atoms with van der Waals surface area (Å²) in [6.07, 6.45) is -4.45. The molecule has 0 N–H and O–H groups in total. The molecule has 0 fully saturated rings. The summed E-state index contributed by atoms with van der Waals surface area (Å²) in [6, 6.07) is 0. The van der Waals surface area contributed by atoms with E-state index in [0.717, 1.165) is 0 Å². The average Bonchev–Trinajstić information content (AvgIpc) is 1.62. The molecule has 0 aromatic rings. The molecule has 1 atom stereocenters. The summed E-state index contributed by atoms with van der Waals surface area (Å²) in [6.45, 7) is 0. The number of rotatable bonds is 0. The molecule has 0 heterocycles. The maximum absolute atomic E-state index is 10.3. The summed E-state index contributed by atoms with van der Waals surface area (Å²) < 4.78 is 42.6. The minimum absolute atomic E-state index is 1.78. The highest BCUT2D eigenvalue weighted by molar-refractivity contribution is 7.89. The molecular weight excluding hydrogens is 72.1 g/mol. The Morgan fingerprint density at radius 2 is 3.00 bits per heavy atom. The van der Waals surface area contributed by atoms with Gasteiger partial charge in [-0.25, -0.2) is 0 Å². The van der Waals surface area contributed by atoms with Crippen molar-refractivity contribution in [3.8, 4) is 0 Å². The Bertz CT molecular complexity index is 89.4. The number of hydrogen-bond acceptors (Lipinski definition) is 1. The molecule has 0 amide bonds. The van der Waals surface area contributed by atoms with Crippen molar-refractivity contribution in [3.63, 3.8) is 0 Å². The second-order valence-electron chi connectivity index (χ2n) is 0.297. The van der Waals surface area contributed by atoms with Crippen LogP contribution in [0, 0.1) is 0 Å². The summed E-state index contributed by atoms with van der Waals surface area (Å²) in [5.41, 5.74) is 0. The molecule has 0 aliphatic rings. The third kappa shape index (κ3) is 41.3. The fraction of sp³-hybridized carbons (Fsp3) is 1.00. The van der Waals surface area contributed by atoms with Gasteiger partial charge in [-0.15, -0.1) is 0 Å². The zero-order chi connectivity index (χ0) is 7.65. The quantitative estimate of drug-likeness (QED) is 0.378. The highest BCUT2D eigenvalue weighted by atomic mass is 32.2. The molecule has 0 bridgehead atoms. The molecule has 0 aromatic heterocycles. The number of hydrogen-bond donors (Lipinski definition) is 0. The second-order valence-corrected chi connectivity index (χ2v) is 0.892. The summed E-state index contributed by atoms with van der Waals surface area (Å²) in [5, 5.41) is 0. The van der Waals surface area contributed by atoms with Crippen molar-refractivity contribution in [2.75, 3.05) is 12.4 Å². The lowest BCUT2D eigenvalue weighted by atomic mass is 11.9. The SMILES string of the molecule is [2H]C([2H])[S+]([O-])C([2H])([2H])[2H]. The summed E-state index contributed by atoms with van der Waals surface area (Å²) in [4.78, 5) is 0. The smallest absolute Gasteiger partial charge is 0.0946 e. The first kappa shape index (κ1) is 0.684. The van der Waals surface area contributed by atoms with Gasteiger partial charge < -0.3 is 4.55 Å². The first-order chi connectivity index (χ1) is 3.85. The second kappa shape index (κ2) is 1.61. The Morgan fingerprint density at radius 1 is 2.25 bits per heavy atom. The predicted molar refractivity (Wildman–Crippen MR) is 20.0 cm³/mol. The van der Waals surface area contributed by atoms with Gasteiger partial charge in [0.25, 0.3) is 0 Å². The monoisotopic (exact) mass is 83.0 g/mol. The molecule has 0 aliphatic carbocycles. The molecule has 1 nitrogen and oxygen atoms in total. The molecule has 0 saturated carbocycles. The highest BCUT2D eigenvalue weighted by Crippen LogP contribution is 1.61. The van der Waals surface area contributed by atoms with Gasteiger partial charge in [-0.2, -0.15) is 0 Å². The van der Waals surface area contributed by atoms with Crippen LogP contribution in [0.3, 0.4) is 0 Å². The van der Waals surface area contributed by atoms with E-state index in [1.807, 2.05) is 0 Å². The largest absolute Gasteiger partial charge is 0.617 e. The summed E-state index contributed by atoms with van der Waals surface area (Å²) >= 11 is -2.36. The van der Waals surface area contributed by atoms with Crippen molar-refractivity contribution < 1.29 is 11.4 Å². The molecule has 26 valence electrons. The van der Waals surface area contributed by atoms with Gasteiger partial charge in [-0.05, 0) is 0 Å². The van der Waals surface area contributed by atoms with Crippen LogP contribution in [0.5, 0.6) is 0 Å². The van der Waals surface area contributed by atoms with Crippen molar-refractivity contribution in [2.45, 2.75) is 0 Å². The van der Waals surface area contributed by atoms with Crippen LogP contribution >= 0.6 is 0 Å². The Hall–Kier alpha value is 0.310. The van der Waals surface area contributed by atoms with E-state index in [2.05, 4.69) is 0 Å². The van der Waals surface area contributed by atoms with Gasteiger partial charge in [-0.1, -0.05) is 11.2 Å². The van der Waals surface area contributed by atoms with Crippen LogP contribution in [0.15, 0.2) is 0 Å². The van der Waals surface area contributed by atoms with Crippen LogP contribution in [-0.4, -0.2) is 16.9 Å². The van der Waals surface area contributed by atoms with E-state index in [1.54, 1.807) is 0 Å². The molecule has 0 aromatic carbocycles. The van der Waals surface area contributed by atoms with Crippen molar-refractivity contribution in [2.24, 2.45) is 0 Å². The zero-order valence-electron chi connectivity index (χ0n) is 6.89. The standard InChI is InChI=1S/C2H6OS/c1-4(2)3/h1-2H3/i1D2,2D3. The first-order valence-corrected chi connectivity index (χ1v) is 1.82. The molecule has 4 heavy (non-hydrogen) atoms. The van der Waals surface area contributed by atoms with Crippen LogP contribution < -0.4 is 0 Å². The van der Waals surface area contributed by atoms with E-state index >= 15 is 0 Å². The normalized spacial score (nSPS) is 38.0. The lowest BCUT2D eigenvalue weighted by molar-refractivity contribution is 0.606. The molecule has 1 unspecified atom stereocenters. The topological polar surface area (TPSA) is 23.1 Å². The minimum Gasteiger partial charge on any atom is -0.617 e. The van der Waals surface area contributed by atoms with E-state index in [0.29, 0.717) is 0 Å². The maximum Gasteiger partial charge on any atom is 0.0946 e. The zero-order valence-corrected chi connectivity index (χ0v) is 2.71. The lowest BCUT2D eigenvalue weighted by Crippen LogP contribution is -1.86. The third-order valence-corrected chi connectivity index (χ3v) is 0. The molecule has 0 rings (SSSR count). The van der Waals surface area contributed by atoms with Gasteiger partial charge in [0, 0.05) is 0 Å². The van der Waals surface area contributed by atoms with Crippen LogP contribution in [-0.2, 0) is 11.2 Å². The van der Waals surface area contributed by atoms with Gasteiger partial charge >= 0.3 is 0 Å². The lowest BCUT2D eigenvalue weighted by Gasteiger charge is -1.87. The van der Waals surface area contributed by atoms with Gasteiger partial charge in [0.1, 0.15) is 0 Å². The van der Waals surface area contributed by atoms with E-state index in [9.17, 15) is 4.55 Å². The van der Waals surface area contributed by atoms with Gasteiger partial charge in [0.2, 0.25) is 0 Å². The van der Waals surface area contributed by atoms with E-state index in [1.165, 1.54) is 0 Å². The fourth-order valence-electron chi connectivity index (χ4n) is 0. The van der Waals surface area contributed by atoms with Gasteiger partial charge in [-0.3, -0.25) is 0 Å². The molecule has 0 saturated heterocycles. The van der Waals surface area contributed by atoms with E-state index in [4.69, 9.17) is 6.85 Å². The van der Waals surface area contributed by atoms with Crippen LogP contribution in [0.2, 0.25) is 0 Å². The van der Waals surface area contributed by atoms with E-state index in [-0.39, 0.29) is 0 Å². The Kier molecular flexibility index (Phi) is 0.276. The molecule has 0 aliphatic heterocycles. The van der Waals surface area contributed by atoms with Gasteiger partial charge in [0.15, 0.2) is 0 Å². The average molecular weight is 83.2 g/mol. The highest BCUT2D eigenvalue weighted by Gasteiger charge is 1.66. The van der Waals surface area contributed by atoms with Crippen LogP contribution in [0.4, 0.5) is 0 Å². The van der Waals surface area contributed by atoms with E-state index < -0.39 is 23.6 Å². The van der Waals surface area contributed by atoms with Crippen LogP contribution in [0.1, 0.15) is 6.85 Å².